The Hall–Kier alpha value is -1.80. The maximum atomic E-state index is 12.5. The van der Waals surface area contributed by atoms with E-state index in [-0.39, 0.29) is 6.04 Å². The highest BCUT2D eigenvalue weighted by atomic mass is 19.4. The highest BCUT2D eigenvalue weighted by Gasteiger charge is 2.34. The number of rotatable bonds is 7. The first-order valence-corrected chi connectivity index (χ1v) is 8.80. The van der Waals surface area contributed by atoms with Gasteiger partial charge in [0.05, 0.1) is 19.7 Å². The van der Waals surface area contributed by atoms with Crippen molar-refractivity contribution in [3.63, 3.8) is 0 Å². The fraction of sp³-hybridized carbons (Fsp3) is 0.611. The van der Waals surface area contributed by atoms with Gasteiger partial charge in [0.25, 0.3) is 0 Å². The Morgan fingerprint density at radius 3 is 2.81 bits per heavy atom. The normalized spacial score (nSPS) is 19.0. The average molecular weight is 372 g/mol. The molecule has 2 rings (SSSR count). The molecule has 1 atom stereocenters. The summed E-state index contributed by atoms with van der Waals surface area (Å²) in [4.78, 5) is 5.99. The zero-order chi connectivity index (χ0) is 19.0. The van der Waals surface area contributed by atoms with E-state index < -0.39 is 12.7 Å². The Kier molecular flexibility index (Phi) is 7.71. The van der Waals surface area contributed by atoms with Crippen LogP contribution < -0.4 is 10.6 Å². The van der Waals surface area contributed by atoms with Crippen molar-refractivity contribution in [2.45, 2.75) is 38.7 Å². The third kappa shape index (κ3) is 7.21. The van der Waals surface area contributed by atoms with E-state index >= 15 is 0 Å². The summed E-state index contributed by atoms with van der Waals surface area (Å²) in [7, 11) is 1.65. The second kappa shape index (κ2) is 9.78. The second-order valence-electron chi connectivity index (χ2n) is 6.43. The van der Waals surface area contributed by atoms with Crippen molar-refractivity contribution in [2.24, 2.45) is 4.99 Å². The van der Waals surface area contributed by atoms with Crippen LogP contribution in [0.2, 0.25) is 0 Å². The Morgan fingerprint density at radius 1 is 1.35 bits per heavy atom. The summed E-state index contributed by atoms with van der Waals surface area (Å²) in [6, 6.07) is 7.96. The van der Waals surface area contributed by atoms with Crippen molar-refractivity contribution in [3.8, 4) is 0 Å². The molecule has 0 bridgehead atoms. The molecule has 1 fully saturated rings. The first kappa shape index (κ1) is 20.5. The van der Waals surface area contributed by atoms with Crippen LogP contribution in [0.15, 0.2) is 29.3 Å². The number of methoxy groups -OCH3 is 1. The molecule has 26 heavy (non-hydrogen) atoms. The zero-order valence-electron chi connectivity index (χ0n) is 15.3. The number of hydrogen-bond acceptors (Lipinski definition) is 3. The number of guanidine groups is 1. The van der Waals surface area contributed by atoms with Crippen molar-refractivity contribution in [1.82, 2.24) is 15.5 Å². The summed E-state index contributed by atoms with van der Waals surface area (Å²) in [5, 5.41) is 6.40. The maximum Gasteiger partial charge on any atom is 0.401 e. The number of likely N-dealkylation sites (tertiary alicyclic amines) is 1. The van der Waals surface area contributed by atoms with Gasteiger partial charge < -0.3 is 15.4 Å². The molecule has 0 radical (unpaired) electrons. The van der Waals surface area contributed by atoms with E-state index in [4.69, 9.17) is 4.74 Å². The molecule has 1 aliphatic heterocycles. The van der Waals surface area contributed by atoms with Crippen molar-refractivity contribution < 1.29 is 17.9 Å². The van der Waals surface area contributed by atoms with E-state index in [1.165, 1.54) is 4.90 Å². The molecule has 8 heteroatoms. The molecule has 0 amide bonds. The van der Waals surface area contributed by atoms with Gasteiger partial charge in [-0.05, 0) is 24.5 Å². The maximum absolute atomic E-state index is 12.5. The van der Waals surface area contributed by atoms with Crippen LogP contribution in [0.1, 0.15) is 24.5 Å². The molecule has 1 aromatic rings. The number of nitrogens with one attached hydrogen (secondary N) is 2. The lowest BCUT2D eigenvalue weighted by molar-refractivity contribution is -0.143. The molecule has 1 heterocycles. The lowest BCUT2D eigenvalue weighted by Crippen LogP contribution is -2.45. The summed E-state index contributed by atoms with van der Waals surface area (Å²) in [5.74, 6) is 0.628. The van der Waals surface area contributed by atoms with E-state index in [9.17, 15) is 13.2 Å². The lowest BCUT2D eigenvalue weighted by atomic mass is 10.1. The predicted octanol–water partition coefficient (Wildman–Crippen LogP) is 2.52. The minimum Gasteiger partial charge on any atom is -0.380 e. The third-order valence-corrected chi connectivity index (χ3v) is 4.08. The van der Waals surface area contributed by atoms with Crippen LogP contribution in [0.5, 0.6) is 0 Å². The molecule has 0 spiro atoms. The highest BCUT2D eigenvalue weighted by molar-refractivity contribution is 5.80. The van der Waals surface area contributed by atoms with Crippen molar-refractivity contribution in [1.29, 1.82) is 0 Å². The standard InChI is InChI=1S/C18H27F3N4O/c1-3-22-17(23-10-14-5-4-6-15(9-14)12-26-2)24-16-7-8-25(11-16)13-18(19,20)21/h4-6,9,16H,3,7-8,10-13H2,1-2H3,(H2,22,23,24). The van der Waals surface area contributed by atoms with E-state index in [0.717, 1.165) is 11.1 Å². The van der Waals surface area contributed by atoms with Gasteiger partial charge in [-0.25, -0.2) is 4.99 Å². The van der Waals surface area contributed by atoms with Gasteiger partial charge in [-0.2, -0.15) is 13.2 Å². The van der Waals surface area contributed by atoms with Gasteiger partial charge in [0.2, 0.25) is 0 Å². The monoisotopic (exact) mass is 372 g/mol. The van der Waals surface area contributed by atoms with E-state index in [1.54, 1.807) is 7.11 Å². The van der Waals surface area contributed by atoms with E-state index in [0.29, 0.717) is 45.2 Å². The predicted molar refractivity (Wildman–Crippen MR) is 96.0 cm³/mol. The molecular formula is C18H27F3N4O. The molecule has 0 aliphatic carbocycles. The summed E-state index contributed by atoms with van der Waals surface area (Å²) < 4.78 is 42.7. The topological polar surface area (TPSA) is 48.9 Å². The molecule has 1 unspecified atom stereocenters. The molecular weight excluding hydrogens is 345 g/mol. The molecule has 2 N–H and O–H groups in total. The fourth-order valence-corrected chi connectivity index (χ4v) is 3.02. The number of nitrogens with zero attached hydrogens (tertiary/aromatic N) is 2. The molecule has 1 aromatic carbocycles. The smallest absolute Gasteiger partial charge is 0.380 e. The van der Waals surface area contributed by atoms with Gasteiger partial charge in [-0.1, -0.05) is 24.3 Å². The molecule has 1 saturated heterocycles. The van der Waals surface area contributed by atoms with Gasteiger partial charge in [0.1, 0.15) is 0 Å². The summed E-state index contributed by atoms with van der Waals surface area (Å²) >= 11 is 0. The number of alkyl halides is 3. The number of benzene rings is 1. The zero-order valence-corrected chi connectivity index (χ0v) is 15.3. The Bertz CT molecular complexity index is 592. The fourth-order valence-electron chi connectivity index (χ4n) is 3.02. The van der Waals surface area contributed by atoms with Gasteiger partial charge in [0.15, 0.2) is 5.96 Å². The Morgan fingerprint density at radius 2 is 2.12 bits per heavy atom. The second-order valence-corrected chi connectivity index (χ2v) is 6.43. The average Bonchev–Trinajstić information content (AvgIpc) is 2.98. The first-order valence-electron chi connectivity index (χ1n) is 8.80. The van der Waals surface area contributed by atoms with Crippen molar-refractivity contribution in [3.05, 3.63) is 35.4 Å². The van der Waals surface area contributed by atoms with Gasteiger partial charge >= 0.3 is 6.18 Å². The van der Waals surface area contributed by atoms with Gasteiger partial charge in [-0.15, -0.1) is 0 Å². The molecule has 5 nitrogen and oxygen atoms in total. The molecule has 0 aromatic heterocycles. The van der Waals surface area contributed by atoms with Crippen LogP contribution in [-0.2, 0) is 17.9 Å². The van der Waals surface area contributed by atoms with Crippen LogP contribution in [-0.4, -0.2) is 56.4 Å². The number of ether oxygens (including phenoxy) is 1. The quantitative estimate of drug-likeness (QED) is 0.570. The van der Waals surface area contributed by atoms with E-state index in [1.807, 2.05) is 31.2 Å². The third-order valence-electron chi connectivity index (χ3n) is 4.08. The van der Waals surface area contributed by atoms with Crippen LogP contribution in [0.3, 0.4) is 0 Å². The summed E-state index contributed by atoms with van der Waals surface area (Å²) in [5.41, 5.74) is 2.14. The van der Waals surface area contributed by atoms with Crippen LogP contribution in [0.25, 0.3) is 0 Å². The Labute approximate surface area is 152 Å². The summed E-state index contributed by atoms with van der Waals surface area (Å²) in [6.45, 7) is 3.64. The minimum atomic E-state index is -4.15. The molecule has 0 saturated carbocycles. The van der Waals surface area contributed by atoms with Crippen LogP contribution in [0.4, 0.5) is 13.2 Å². The van der Waals surface area contributed by atoms with Crippen molar-refractivity contribution in [2.75, 3.05) is 33.3 Å². The lowest BCUT2D eigenvalue weighted by Gasteiger charge is -2.19. The number of hydrogen-bond donors (Lipinski definition) is 2. The summed E-state index contributed by atoms with van der Waals surface area (Å²) in [6.07, 6.45) is -3.48. The van der Waals surface area contributed by atoms with Crippen LogP contribution in [0, 0.1) is 0 Å². The van der Waals surface area contributed by atoms with Crippen LogP contribution >= 0.6 is 0 Å². The molecule has 1 aliphatic rings. The van der Waals surface area contributed by atoms with E-state index in [2.05, 4.69) is 15.6 Å². The van der Waals surface area contributed by atoms with Gasteiger partial charge in [0, 0.05) is 32.8 Å². The number of aliphatic imine (C=N–C) groups is 1. The highest BCUT2D eigenvalue weighted by Crippen LogP contribution is 2.20. The number of halogens is 3. The first-order chi connectivity index (χ1) is 12.4. The van der Waals surface area contributed by atoms with Crippen molar-refractivity contribution >= 4 is 5.96 Å². The minimum absolute atomic E-state index is 0.0324. The Balaban J connectivity index is 1.92. The largest absolute Gasteiger partial charge is 0.401 e. The SMILES string of the molecule is CCNC(=NCc1cccc(COC)c1)NC1CCN(CC(F)(F)F)C1. The molecule has 146 valence electrons. The van der Waals surface area contributed by atoms with Gasteiger partial charge in [-0.3, -0.25) is 4.90 Å².